The quantitative estimate of drug-likeness (QED) is 0.869. The number of hydrogen-bond donors (Lipinski definition) is 1. The van der Waals surface area contributed by atoms with Gasteiger partial charge in [-0.3, -0.25) is 4.79 Å². The third-order valence-electron chi connectivity index (χ3n) is 5.27. The highest BCUT2D eigenvalue weighted by atomic mass is 32.1. The molecule has 5 rings (SSSR count). The molecule has 18 heavy (non-hydrogen) atoms. The highest BCUT2D eigenvalue weighted by Gasteiger charge is 2.48. The standard InChI is InChI=1S/C15H19NOS/c17-15(13-2-1-3-18-13)16-14-11-5-9-4-10(7-11)8-12(14)6-9/h1-3,9-12,14H,4-8H2,(H,16,17). The summed E-state index contributed by atoms with van der Waals surface area (Å²) < 4.78 is 0. The number of hydrogen-bond acceptors (Lipinski definition) is 2. The van der Waals surface area contributed by atoms with Gasteiger partial charge in [0.2, 0.25) is 0 Å². The van der Waals surface area contributed by atoms with E-state index in [0.717, 1.165) is 28.5 Å². The number of amides is 1. The Balaban J connectivity index is 1.50. The first-order valence-corrected chi connectivity index (χ1v) is 8.02. The van der Waals surface area contributed by atoms with Gasteiger partial charge in [-0.1, -0.05) is 6.07 Å². The van der Waals surface area contributed by atoms with Gasteiger partial charge in [-0.05, 0) is 67.2 Å². The summed E-state index contributed by atoms with van der Waals surface area (Å²) in [6.45, 7) is 0. The van der Waals surface area contributed by atoms with Crippen molar-refractivity contribution in [3.05, 3.63) is 22.4 Å². The number of thiophene rings is 1. The van der Waals surface area contributed by atoms with Crippen LogP contribution >= 0.6 is 11.3 Å². The van der Waals surface area contributed by atoms with Gasteiger partial charge in [0.25, 0.3) is 5.91 Å². The minimum Gasteiger partial charge on any atom is -0.348 e. The maximum Gasteiger partial charge on any atom is 0.261 e. The lowest BCUT2D eigenvalue weighted by molar-refractivity contribution is -0.0119. The molecule has 1 heterocycles. The molecule has 0 atom stereocenters. The molecule has 1 aromatic rings. The number of nitrogens with one attached hydrogen (secondary N) is 1. The van der Waals surface area contributed by atoms with Crippen LogP contribution in [0.1, 0.15) is 41.8 Å². The van der Waals surface area contributed by atoms with E-state index in [-0.39, 0.29) is 5.91 Å². The predicted molar refractivity (Wildman–Crippen MR) is 72.6 cm³/mol. The van der Waals surface area contributed by atoms with Crippen LogP contribution in [0, 0.1) is 23.7 Å². The van der Waals surface area contributed by atoms with Crippen molar-refractivity contribution in [1.82, 2.24) is 5.32 Å². The van der Waals surface area contributed by atoms with Gasteiger partial charge in [-0.15, -0.1) is 11.3 Å². The number of carbonyl (C=O) groups excluding carboxylic acids is 1. The fourth-order valence-electron chi connectivity index (χ4n) is 4.79. The first-order chi connectivity index (χ1) is 8.79. The summed E-state index contributed by atoms with van der Waals surface area (Å²) in [7, 11) is 0. The molecule has 1 amide bonds. The predicted octanol–water partition coefficient (Wildman–Crippen LogP) is 3.30. The van der Waals surface area contributed by atoms with Gasteiger partial charge in [-0.2, -0.15) is 0 Å². The second kappa shape index (κ2) is 4.09. The molecule has 2 nitrogen and oxygen atoms in total. The Morgan fingerprint density at radius 1 is 1.11 bits per heavy atom. The van der Waals surface area contributed by atoms with Gasteiger partial charge in [0.05, 0.1) is 4.88 Å². The van der Waals surface area contributed by atoms with Crippen molar-refractivity contribution in [2.75, 3.05) is 0 Å². The van der Waals surface area contributed by atoms with Crippen LogP contribution in [-0.2, 0) is 0 Å². The van der Waals surface area contributed by atoms with Crippen molar-refractivity contribution < 1.29 is 4.79 Å². The molecule has 0 aliphatic heterocycles. The maximum atomic E-state index is 12.2. The van der Waals surface area contributed by atoms with E-state index >= 15 is 0 Å². The second-order valence-electron chi connectivity index (χ2n) is 6.41. The lowest BCUT2D eigenvalue weighted by atomic mass is 9.54. The molecule has 4 bridgehead atoms. The summed E-state index contributed by atoms with van der Waals surface area (Å²) in [5, 5.41) is 5.31. The molecule has 1 N–H and O–H groups in total. The zero-order valence-electron chi connectivity index (χ0n) is 10.5. The SMILES string of the molecule is O=C(NC1C2CC3CC(C2)CC1C3)c1cccs1. The Morgan fingerprint density at radius 2 is 1.78 bits per heavy atom. The molecule has 96 valence electrons. The Bertz CT molecular complexity index is 425. The summed E-state index contributed by atoms with van der Waals surface area (Å²) >= 11 is 1.54. The van der Waals surface area contributed by atoms with E-state index in [0.29, 0.717) is 6.04 Å². The monoisotopic (exact) mass is 261 g/mol. The highest BCUT2D eigenvalue weighted by molar-refractivity contribution is 7.12. The van der Waals surface area contributed by atoms with Gasteiger partial charge in [0.15, 0.2) is 0 Å². The summed E-state index contributed by atoms with van der Waals surface area (Å²) in [6.07, 6.45) is 6.92. The van der Waals surface area contributed by atoms with Crippen LogP contribution in [0.25, 0.3) is 0 Å². The smallest absolute Gasteiger partial charge is 0.261 e. The van der Waals surface area contributed by atoms with Gasteiger partial charge in [0.1, 0.15) is 0 Å². The van der Waals surface area contributed by atoms with Crippen molar-refractivity contribution in [3.63, 3.8) is 0 Å². The largest absolute Gasteiger partial charge is 0.348 e. The van der Waals surface area contributed by atoms with Crippen molar-refractivity contribution in [3.8, 4) is 0 Å². The first kappa shape index (κ1) is 11.0. The van der Waals surface area contributed by atoms with Crippen molar-refractivity contribution in [2.45, 2.75) is 38.1 Å². The second-order valence-corrected chi connectivity index (χ2v) is 7.35. The van der Waals surface area contributed by atoms with E-state index in [4.69, 9.17) is 0 Å². The number of rotatable bonds is 2. The molecule has 4 saturated carbocycles. The molecular formula is C15H19NOS. The molecule has 1 aromatic heterocycles. The van der Waals surface area contributed by atoms with E-state index in [9.17, 15) is 4.79 Å². The van der Waals surface area contributed by atoms with Gasteiger partial charge < -0.3 is 5.32 Å². The molecule has 0 spiro atoms. The molecule has 0 radical (unpaired) electrons. The van der Waals surface area contributed by atoms with Gasteiger partial charge in [0, 0.05) is 6.04 Å². The first-order valence-electron chi connectivity index (χ1n) is 7.14. The molecular weight excluding hydrogens is 242 g/mol. The van der Waals surface area contributed by atoms with Gasteiger partial charge >= 0.3 is 0 Å². The highest BCUT2D eigenvalue weighted by Crippen LogP contribution is 2.53. The number of carbonyl (C=O) groups is 1. The maximum absolute atomic E-state index is 12.2. The van der Waals surface area contributed by atoms with Crippen molar-refractivity contribution in [2.24, 2.45) is 23.7 Å². The Labute approximate surface area is 112 Å². The Hall–Kier alpha value is -0.830. The Kier molecular flexibility index (Phi) is 2.51. The van der Waals surface area contributed by atoms with Crippen molar-refractivity contribution >= 4 is 17.2 Å². The topological polar surface area (TPSA) is 29.1 Å². The normalized spacial score (nSPS) is 41.0. The van der Waals surface area contributed by atoms with E-state index in [2.05, 4.69) is 5.32 Å². The minimum absolute atomic E-state index is 0.155. The average Bonchev–Trinajstić information content (AvgIpc) is 2.86. The van der Waals surface area contributed by atoms with Crippen LogP contribution in [0.5, 0.6) is 0 Å². The summed E-state index contributed by atoms with van der Waals surface area (Å²) in [5.41, 5.74) is 0. The van der Waals surface area contributed by atoms with Crippen LogP contribution in [-0.4, -0.2) is 11.9 Å². The minimum atomic E-state index is 0.155. The zero-order valence-corrected chi connectivity index (χ0v) is 11.3. The van der Waals surface area contributed by atoms with Gasteiger partial charge in [-0.25, -0.2) is 0 Å². The molecule has 0 unspecified atom stereocenters. The molecule has 4 fully saturated rings. The van der Waals surface area contributed by atoms with E-state index in [1.165, 1.54) is 32.1 Å². The molecule has 4 aliphatic rings. The van der Waals surface area contributed by atoms with Crippen LogP contribution in [0.2, 0.25) is 0 Å². The average molecular weight is 261 g/mol. The summed E-state index contributed by atoms with van der Waals surface area (Å²) in [5.74, 6) is 3.64. The van der Waals surface area contributed by atoms with Crippen LogP contribution in [0.4, 0.5) is 0 Å². The van der Waals surface area contributed by atoms with Crippen molar-refractivity contribution in [1.29, 1.82) is 0 Å². The van der Waals surface area contributed by atoms with E-state index in [1.54, 1.807) is 11.3 Å². The van der Waals surface area contributed by atoms with Crippen LogP contribution < -0.4 is 5.32 Å². The summed E-state index contributed by atoms with van der Waals surface area (Å²) in [6, 6.07) is 4.35. The molecule has 4 aliphatic carbocycles. The van der Waals surface area contributed by atoms with Crippen LogP contribution in [0.3, 0.4) is 0 Å². The lowest BCUT2D eigenvalue weighted by Crippen LogP contribution is -2.55. The molecule has 0 saturated heterocycles. The van der Waals surface area contributed by atoms with Crippen LogP contribution in [0.15, 0.2) is 17.5 Å². The Morgan fingerprint density at radius 3 is 2.33 bits per heavy atom. The summed E-state index contributed by atoms with van der Waals surface area (Å²) in [4.78, 5) is 13.1. The lowest BCUT2D eigenvalue weighted by Gasteiger charge is -2.54. The third kappa shape index (κ3) is 1.71. The molecule has 0 aromatic carbocycles. The van der Waals surface area contributed by atoms with E-state index in [1.807, 2.05) is 17.5 Å². The zero-order chi connectivity index (χ0) is 12.1. The molecule has 3 heteroatoms. The third-order valence-corrected chi connectivity index (χ3v) is 6.14. The fraction of sp³-hybridized carbons (Fsp3) is 0.667. The van der Waals surface area contributed by atoms with E-state index < -0.39 is 0 Å². The fourth-order valence-corrected chi connectivity index (χ4v) is 5.42.